The van der Waals surface area contributed by atoms with Crippen molar-refractivity contribution in [3.63, 3.8) is 0 Å². The molecule has 1 aromatic heterocycles. The van der Waals surface area contributed by atoms with Crippen LogP contribution in [0.4, 0.5) is 4.79 Å². The van der Waals surface area contributed by atoms with Crippen LogP contribution >= 0.6 is 23.5 Å². The average Bonchev–Trinajstić information content (AvgIpc) is 3.44. The van der Waals surface area contributed by atoms with E-state index < -0.39 is 0 Å². The topological polar surface area (TPSA) is 79.6 Å². The SMILES string of the molecule is CC(C)(C)c1ccc(/C=C2/SC(=O)N(CCNC(=O)c3oc4ccccc4c3CSC3CCCCC3)C2=O)cc1. The third kappa shape index (κ3) is 6.50. The Morgan fingerprint density at radius 2 is 1.80 bits per heavy atom. The molecule has 6 nitrogen and oxygen atoms in total. The number of hydrogen-bond acceptors (Lipinski definition) is 6. The molecule has 3 amide bonds. The van der Waals surface area contributed by atoms with Crippen LogP contribution in [0.15, 0.2) is 57.9 Å². The highest BCUT2D eigenvalue weighted by Gasteiger charge is 2.35. The molecule has 0 bridgehead atoms. The van der Waals surface area contributed by atoms with Crippen molar-refractivity contribution in [3.05, 3.63) is 75.9 Å². The van der Waals surface area contributed by atoms with E-state index in [0.29, 0.717) is 21.5 Å². The number of imide groups is 1. The second-order valence-corrected chi connectivity index (χ2v) is 13.7. The summed E-state index contributed by atoms with van der Waals surface area (Å²) in [7, 11) is 0. The van der Waals surface area contributed by atoms with E-state index >= 15 is 0 Å². The van der Waals surface area contributed by atoms with Gasteiger partial charge in [0.25, 0.3) is 17.1 Å². The van der Waals surface area contributed by atoms with E-state index in [1.165, 1.54) is 42.6 Å². The molecule has 0 spiro atoms. The molecular weight excluding hydrogens is 540 g/mol. The lowest BCUT2D eigenvalue weighted by Gasteiger charge is -2.20. The highest BCUT2D eigenvalue weighted by Crippen LogP contribution is 2.35. The summed E-state index contributed by atoms with van der Waals surface area (Å²) in [6, 6.07) is 15.8. The average molecular weight is 577 g/mol. The Kier molecular flexibility index (Phi) is 8.76. The molecule has 1 saturated heterocycles. The number of furan rings is 1. The van der Waals surface area contributed by atoms with Gasteiger partial charge < -0.3 is 9.73 Å². The number of fused-ring (bicyclic) bond motifs is 1. The molecule has 2 aliphatic rings. The van der Waals surface area contributed by atoms with Crippen molar-refractivity contribution < 1.29 is 18.8 Å². The number of nitrogens with one attached hydrogen (secondary N) is 1. The molecule has 1 aliphatic carbocycles. The van der Waals surface area contributed by atoms with Gasteiger partial charge in [0.2, 0.25) is 0 Å². The lowest BCUT2D eigenvalue weighted by molar-refractivity contribution is -0.122. The number of thioether (sulfide) groups is 2. The van der Waals surface area contributed by atoms with Crippen LogP contribution in [0.1, 0.15) is 80.1 Å². The summed E-state index contributed by atoms with van der Waals surface area (Å²) in [4.78, 5) is 40.4. The molecule has 5 rings (SSSR count). The Morgan fingerprint density at radius 1 is 1.07 bits per heavy atom. The molecule has 210 valence electrons. The molecule has 1 aliphatic heterocycles. The molecule has 40 heavy (non-hydrogen) atoms. The number of para-hydroxylation sites is 1. The molecule has 8 heteroatoms. The Morgan fingerprint density at radius 3 is 2.52 bits per heavy atom. The van der Waals surface area contributed by atoms with Crippen LogP contribution < -0.4 is 5.32 Å². The summed E-state index contributed by atoms with van der Waals surface area (Å²) in [5.41, 5.74) is 3.72. The Hall–Kier alpha value is -2.97. The fourth-order valence-electron chi connectivity index (χ4n) is 5.14. The van der Waals surface area contributed by atoms with E-state index in [9.17, 15) is 14.4 Å². The molecule has 1 saturated carbocycles. The Bertz CT molecular complexity index is 1430. The maximum absolute atomic E-state index is 13.2. The zero-order valence-electron chi connectivity index (χ0n) is 23.3. The van der Waals surface area contributed by atoms with Gasteiger partial charge >= 0.3 is 0 Å². The maximum Gasteiger partial charge on any atom is 0.293 e. The maximum atomic E-state index is 13.2. The molecule has 3 aromatic rings. The van der Waals surface area contributed by atoms with Crippen molar-refractivity contribution in [1.29, 1.82) is 0 Å². The van der Waals surface area contributed by atoms with Gasteiger partial charge in [0.05, 0.1) is 4.91 Å². The molecule has 0 unspecified atom stereocenters. The summed E-state index contributed by atoms with van der Waals surface area (Å²) in [5.74, 6) is 0.376. The molecule has 0 radical (unpaired) electrons. The van der Waals surface area contributed by atoms with E-state index in [1.807, 2.05) is 60.3 Å². The van der Waals surface area contributed by atoms with Gasteiger partial charge in [-0.05, 0) is 53.3 Å². The van der Waals surface area contributed by atoms with E-state index in [1.54, 1.807) is 6.08 Å². The number of nitrogens with zero attached hydrogens (tertiary/aromatic N) is 1. The minimum atomic E-state index is -0.336. The van der Waals surface area contributed by atoms with Crippen LogP contribution in [0.5, 0.6) is 0 Å². The predicted molar refractivity (Wildman–Crippen MR) is 165 cm³/mol. The molecule has 1 N–H and O–H groups in total. The van der Waals surface area contributed by atoms with Crippen molar-refractivity contribution >= 4 is 57.6 Å². The summed E-state index contributed by atoms with van der Waals surface area (Å²) < 4.78 is 5.99. The number of rotatable bonds is 8. The number of carbonyl (C=O) groups is 3. The number of hydrogen-bond donors (Lipinski definition) is 1. The van der Waals surface area contributed by atoms with E-state index in [2.05, 4.69) is 26.1 Å². The second-order valence-electron chi connectivity index (χ2n) is 11.4. The molecule has 2 heterocycles. The molecule has 2 fully saturated rings. The molecule has 0 atom stereocenters. The lowest BCUT2D eigenvalue weighted by atomic mass is 9.87. The van der Waals surface area contributed by atoms with Crippen molar-refractivity contribution in [2.24, 2.45) is 0 Å². The Balaban J connectivity index is 1.21. The van der Waals surface area contributed by atoms with Gasteiger partial charge in [-0.2, -0.15) is 11.8 Å². The van der Waals surface area contributed by atoms with Gasteiger partial charge in [-0.15, -0.1) is 0 Å². The molecule has 2 aromatic carbocycles. The highest BCUT2D eigenvalue weighted by molar-refractivity contribution is 8.18. The fourth-order valence-corrected chi connectivity index (χ4v) is 7.36. The number of carbonyl (C=O) groups excluding carboxylic acids is 3. The fraction of sp³-hybridized carbons (Fsp3) is 0.406. The van der Waals surface area contributed by atoms with E-state index in [0.717, 1.165) is 34.0 Å². The first-order valence-electron chi connectivity index (χ1n) is 14.0. The zero-order valence-corrected chi connectivity index (χ0v) is 25.0. The normalized spacial score (nSPS) is 17.8. The van der Waals surface area contributed by atoms with Crippen molar-refractivity contribution in [2.45, 2.75) is 69.3 Å². The van der Waals surface area contributed by atoms with Gasteiger partial charge in [-0.3, -0.25) is 19.3 Å². The Labute approximate surface area is 244 Å². The first kappa shape index (κ1) is 28.6. The third-order valence-corrected chi connectivity index (χ3v) is 9.79. The zero-order chi connectivity index (χ0) is 28.3. The van der Waals surface area contributed by atoms with Gasteiger partial charge in [0, 0.05) is 35.0 Å². The van der Waals surface area contributed by atoms with Gasteiger partial charge in [0.1, 0.15) is 5.58 Å². The minimum absolute atomic E-state index is 0.0398. The van der Waals surface area contributed by atoms with Gasteiger partial charge in [-0.1, -0.05) is 82.5 Å². The summed E-state index contributed by atoms with van der Waals surface area (Å²) in [6.45, 7) is 6.70. The van der Waals surface area contributed by atoms with Crippen molar-refractivity contribution in [2.75, 3.05) is 13.1 Å². The van der Waals surface area contributed by atoms with Crippen LogP contribution in [0.2, 0.25) is 0 Å². The quantitative estimate of drug-likeness (QED) is 0.276. The van der Waals surface area contributed by atoms with Crippen LogP contribution in [-0.2, 0) is 16.0 Å². The lowest BCUT2D eigenvalue weighted by Crippen LogP contribution is -2.37. The predicted octanol–water partition coefficient (Wildman–Crippen LogP) is 7.76. The number of amides is 3. The minimum Gasteiger partial charge on any atom is -0.451 e. The third-order valence-electron chi connectivity index (χ3n) is 7.49. The van der Waals surface area contributed by atoms with Crippen LogP contribution in [0, 0.1) is 0 Å². The van der Waals surface area contributed by atoms with Crippen molar-refractivity contribution in [3.8, 4) is 0 Å². The largest absolute Gasteiger partial charge is 0.451 e. The van der Waals surface area contributed by atoms with E-state index in [4.69, 9.17) is 4.42 Å². The first-order valence-corrected chi connectivity index (χ1v) is 15.8. The smallest absolute Gasteiger partial charge is 0.293 e. The van der Waals surface area contributed by atoms with Crippen LogP contribution in [0.25, 0.3) is 17.0 Å². The first-order chi connectivity index (χ1) is 19.2. The summed E-state index contributed by atoms with van der Waals surface area (Å²) in [5, 5.41) is 4.12. The summed E-state index contributed by atoms with van der Waals surface area (Å²) >= 11 is 2.83. The van der Waals surface area contributed by atoms with Crippen LogP contribution in [0.3, 0.4) is 0 Å². The number of benzene rings is 2. The summed E-state index contributed by atoms with van der Waals surface area (Å²) in [6.07, 6.45) is 8.03. The van der Waals surface area contributed by atoms with Crippen LogP contribution in [-0.4, -0.2) is 40.3 Å². The highest BCUT2D eigenvalue weighted by atomic mass is 32.2. The van der Waals surface area contributed by atoms with Gasteiger partial charge in [0.15, 0.2) is 5.76 Å². The van der Waals surface area contributed by atoms with Crippen molar-refractivity contribution in [1.82, 2.24) is 10.2 Å². The van der Waals surface area contributed by atoms with Gasteiger partial charge in [-0.25, -0.2) is 0 Å². The standard InChI is InChI=1S/C32H36N2O4S2/c1-32(2,3)22-15-13-21(14-16-22)19-27-30(36)34(31(37)40-27)18-17-33-29(35)28-25(20-39-23-9-5-4-6-10-23)24-11-7-8-12-26(24)38-28/h7-8,11-16,19,23H,4-6,9-10,17-18,20H2,1-3H3,(H,33,35)/b27-19+. The second kappa shape index (κ2) is 12.3. The van der Waals surface area contributed by atoms with E-state index in [-0.39, 0.29) is 35.6 Å². The molecular formula is C32H36N2O4S2. The monoisotopic (exact) mass is 576 g/mol.